The van der Waals surface area contributed by atoms with E-state index in [1.165, 1.54) is 0 Å². The van der Waals surface area contributed by atoms with Crippen LogP contribution >= 0.6 is 0 Å². The van der Waals surface area contributed by atoms with Crippen LogP contribution in [0, 0.1) is 0 Å². The van der Waals surface area contributed by atoms with E-state index >= 15 is 0 Å². The first kappa shape index (κ1) is 17.8. The Morgan fingerprint density at radius 3 is 2.50 bits per heavy atom. The van der Waals surface area contributed by atoms with Gasteiger partial charge in [-0.3, -0.25) is 4.79 Å². The van der Waals surface area contributed by atoms with E-state index in [9.17, 15) is 9.59 Å². The molecule has 0 aliphatic carbocycles. The maximum Gasteiger partial charge on any atom is 0.325 e. The first-order valence-corrected chi connectivity index (χ1v) is 7.39. The van der Waals surface area contributed by atoms with Crippen LogP contribution in [-0.2, 0) is 9.53 Å². The van der Waals surface area contributed by atoms with Crippen molar-refractivity contribution in [2.24, 2.45) is 0 Å². The Bertz CT molecular complexity index is 503. The number of para-hydroxylation sites is 1. The lowest BCUT2D eigenvalue weighted by atomic mass is 10.0. The summed E-state index contributed by atoms with van der Waals surface area (Å²) < 4.78 is 10.5. The molecule has 0 aliphatic rings. The molecule has 6 heteroatoms. The molecule has 2 N–H and O–H groups in total. The van der Waals surface area contributed by atoms with Crippen LogP contribution in [0.3, 0.4) is 0 Å². The molecule has 0 aromatic heterocycles. The van der Waals surface area contributed by atoms with Crippen LogP contribution in [0.1, 0.15) is 39.2 Å². The lowest BCUT2D eigenvalue weighted by molar-refractivity contribution is -0.141. The minimum Gasteiger partial charge on any atom is -0.471 e. The zero-order valence-corrected chi connectivity index (χ0v) is 13.5. The van der Waals surface area contributed by atoms with Crippen molar-refractivity contribution in [1.29, 1.82) is 0 Å². The zero-order valence-electron chi connectivity index (χ0n) is 13.5. The summed E-state index contributed by atoms with van der Waals surface area (Å²) in [5, 5.41) is 5.03. The largest absolute Gasteiger partial charge is 0.471 e. The Labute approximate surface area is 131 Å². The number of carbonyl (C=O) groups excluding carboxylic acids is 2. The molecule has 1 aromatic rings. The van der Waals surface area contributed by atoms with E-state index in [1.807, 2.05) is 24.3 Å². The third kappa shape index (κ3) is 6.03. The normalized spacial score (nSPS) is 11.7. The Hall–Kier alpha value is -2.24. The van der Waals surface area contributed by atoms with E-state index in [1.54, 1.807) is 13.8 Å². The number of ether oxygens (including phenoxy) is 2. The van der Waals surface area contributed by atoms with Crippen LogP contribution < -0.4 is 15.4 Å². The second-order valence-electron chi connectivity index (χ2n) is 5.08. The fourth-order valence-electron chi connectivity index (χ4n) is 1.88. The lowest BCUT2D eigenvalue weighted by Gasteiger charge is -2.20. The van der Waals surface area contributed by atoms with Crippen molar-refractivity contribution in [2.45, 2.75) is 39.8 Å². The molecule has 6 nitrogen and oxygen atoms in total. The summed E-state index contributed by atoms with van der Waals surface area (Å²) in [5.41, 5.74) is 1.07. The molecular weight excluding hydrogens is 284 g/mol. The first-order chi connectivity index (χ1) is 10.4. The fraction of sp³-hybridized carbons (Fsp3) is 0.500. The van der Waals surface area contributed by atoms with E-state index in [0.29, 0.717) is 5.92 Å². The summed E-state index contributed by atoms with van der Waals surface area (Å²) in [5.74, 6) is 0.577. The van der Waals surface area contributed by atoms with Gasteiger partial charge in [-0.1, -0.05) is 32.0 Å². The second-order valence-corrected chi connectivity index (χ2v) is 5.08. The molecule has 22 heavy (non-hydrogen) atoms. The Balaban J connectivity index is 2.47. The van der Waals surface area contributed by atoms with Gasteiger partial charge in [0.25, 0.3) is 0 Å². The molecule has 2 amide bonds. The minimum absolute atomic E-state index is 0.172. The number of rotatable bonds is 7. The van der Waals surface area contributed by atoms with Gasteiger partial charge in [0.15, 0.2) is 6.23 Å². The zero-order chi connectivity index (χ0) is 16.5. The molecule has 1 atom stereocenters. The summed E-state index contributed by atoms with van der Waals surface area (Å²) in [7, 11) is 0. The molecule has 1 rings (SSSR count). The molecule has 122 valence electrons. The highest BCUT2D eigenvalue weighted by atomic mass is 16.5. The number of carbonyl (C=O) groups is 2. The Morgan fingerprint density at radius 1 is 1.18 bits per heavy atom. The van der Waals surface area contributed by atoms with Gasteiger partial charge in [0, 0.05) is 0 Å². The number of nitrogens with one attached hydrogen (secondary N) is 2. The molecule has 0 bridgehead atoms. The first-order valence-electron chi connectivity index (χ1n) is 7.39. The lowest BCUT2D eigenvalue weighted by Crippen LogP contribution is -2.45. The van der Waals surface area contributed by atoms with E-state index in [0.717, 1.165) is 11.3 Å². The van der Waals surface area contributed by atoms with E-state index < -0.39 is 18.2 Å². The standard InChI is InChI=1S/C16H24N2O4/c1-5-21-15(19)10-17-16(20)18-12(4)22-14-9-7-6-8-13(14)11(2)3/h6-9,11-12H,5,10H2,1-4H3,(H2,17,18,20). The van der Waals surface area contributed by atoms with Gasteiger partial charge >= 0.3 is 12.0 Å². The predicted molar refractivity (Wildman–Crippen MR) is 83.8 cm³/mol. The summed E-state index contributed by atoms with van der Waals surface area (Å²) in [6.07, 6.45) is -0.526. The van der Waals surface area contributed by atoms with Crippen LogP contribution in [-0.4, -0.2) is 31.4 Å². The molecule has 0 spiro atoms. The van der Waals surface area contributed by atoms with Crippen molar-refractivity contribution < 1.29 is 19.1 Å². The number of hydrogen-bond acceptors (Lipinski definition) is 4. The van der Waals surface area contributed by atoms with E-state index in [2.05, 4.69) is 24.5 Å². The van der Waals surface area contributed by atoms with Gasteiger partial charge in [-0.15, -0.1) is 0 Å². The number of hydrogen-bond donors (Lipinski definition) is 2. The van der Waals surface area contributed by atoms with Crippen LogP contribution in [0.25, 0.3) is 0 Å². The van der Waals surface area contributed by atoms with Crippen molar-refractivity contribution in [3.8, 4) is 5.75 Å². The molecule has 0 fully saturated rings. The quantitative estimate of drug-likeness (QED) is 0.599. The van der Waals surface area contributed by atoms with Gasteiger partial charge in [-0.05, 0) is 31.4 Å². The molecule has 1 aromatic carbocycles. The van der Waals surface area contributed by atoms with Crippen LogP contribution in [0.15, 0.2) is 24.3 Å². The highest BCUT2D eigenvalue weighted by molar-refractivity contribution is 5.80. The average Bonchev–Trinajstić information content (AvgIpc) is 2.45. The molecule has 1 unspecified atom stereocenters. The SMILES string of the molecule is CCOC(=O)CNC(=O)NC(C)Oc1ccccc1C(C)C. The fourth-order valence-corrected chi connectivity index (χ4v) is 1.88. The van der Waals surface area contributed by atoms with E-state index in [4.69, 9.17) is 9.47 Å². The van der Waals surface area contributed by atoms with Gasteiger partial charge in [0.1, 0.15) is 12.3 Å². The van der Waals surface area contributed by atoms with Crippen LogP contribution in [0.2, 0.25) is 0 Å². The third-order valence-corrected chi connectivity index (χ3v) is 2.88. The summed E-state index contributed by atoms with van der Waals surface area (Å²) in [6, 6.07) is 7.21. The van der Waals surface area contributed by atoms with Crippen molar-refractivity contribution in [3.05, 3.63) is 29.8 Å². The Kier molecular flexibility index (Phi) is 7.22. The molecule has 0 heterocycles. The van der Waals surface area contributed by atoms with Crippen LogP contribution in [0.4, 0.5) is 4.79 Å². The van der Waals surface area contributed by atoms with Crippen molar-refractivity contribution >= 4 is 12.0 Å². The van der Waals surface area contributed by atoms with E-state index in [-0.39, 0.29) is 13.2 Å². The maximum absolute atomic E-state index is 11.7. The third-order valence-electron chi connectivity index (χ3n) is 2.88. The van der Waals surface area contributed by atoms with Gasteiger partial charge in [0.2, 0.25) is 0 Å². The predicted octanol–water partition coefficient (Wildman–Crippen LogP) is 2.40. The number of urea groups is 1. The molecule has 0 radical (unpaired) electrons. The summed E-state index contributed by atoms with van der Waals surface area (Å²) in [6.45, 7) is 7.70. The second kappa shape index (κ2) is 8.92. The van der Waals surface area contributed by atoms with Crippen molar-refractivity contribution in [3.63, 3.8) is 0 Å². The van der Waals surface area contributed by atoms with Gasteiger partial charge in [-0.25, -0.2) is 4.79 Å². The van der Waals surface area contributed by atoms with Gasteiger partial charge < -0.3 is 20.1 Å². The summed E-state index contributed by atoms with van der Waals surface area (Å²) in [4.78, 5) is 22.8. The smallest absolute Gasteiger partial charge is 0.325 e. The Morgan fingerprint density at radius 2 is 1.86 bits per heavy atom. The minimum atomic E-state index is -0.526. The molecule has 0 saturated heterocycles. The summed E-state index contributed by atoms with van der Waals surface area (Å²) >= 11 is 0. The number of esters is 1. The van der Waals surface area contributed by atoms with Crippen molar-refractivity contribution in [2.75, 3.05) is 13.2 Å². The van der Waals surface area contributed by atoms with Gasteiger partial charge in [-0.2, -0.15) is 0 Å². The highest BCUT2D eigenvalue weighted by Crippen LogP contribution is 2.26. The number of benzene rings is 1. The number of amides is 2. The molecule has 0 aliphatic heterocycles. The molecular formula is C16H24N2O4. The highest BCUT2D eigenvalue weighted by Gasteiger charge is 2.13. The maximum atomic E-state index is 11.7. The van der Waals surface area contributed by atoms with Crippen LogP contribution in [0.5, 0.6) is 5.75 Å². The molecule has 0 saturated carbocycles. The topological polar surface area (TPSA) is 76.7 Å². The average molecular weight is 308 g/mol. The van der Waals surface area contributed by atoms with Crippen molar-refractivity contribution in [1.82, 2.24) is 10.6 Å². The van der Waals surface area contributed by atoms with Gasteiger partial charge in [0.05, 0.1) is 6.61 Å². The monoisotopic (exact) mass is 308 g/mol.